The summed E-state index contributed by atoms with van der Waals surface area (Å²) in [7, 11) is 0. The molecule has 0 radical (unpaired) electrons. The SMILES string of the molecule is CC(=O)N[C@@]1(C)CCN(Cc2cc(C)ccc2F)C1. The monoisotopic (exact) mass is 264 g/mol. The maximum atomic E-state index is 13.7. The second kappa shape index (κ2) is 5.29. The third kappa shape index (κ3) is 3.53. The van der Waals surface area contributed by atoms with Gasteiger partial charge in [0, 0.05) is 32.1 Å². The molecule has 3 nitrogen and oxygen atoms in total. The lowest BCUT2D eigenvalue weighted by atomic mass is 10.0. The lowest BCUT2D eigenvalue weighted by molar-refractivity contribution is -0.120. The number of likely N-dealkylation sites (tertiary alicyclic amines) is 1. The van der Waals surface area contributed by atoms with Gasteiger partial charge in [0.25, 0.3) is 0 Å². The van der Waals surface area contributed by atoms with Gasteiger partial charge in [-0.2, -0.15) is 0 Å². The van der Waals surface area contributed by atoms with Gasteiger partial charge in [0.15, 0.2) is 0 Å². The van der Waals surface area contributed by atoms with Crippen molar-refractivity contribution >= 4 is 5.91 Å². The molecule has 2 rings (SSSR count). The minimum absolute atomic E-state index is 0.00825. The van der Waals surface area contributed by atoms with Crippen LogP contribution in [0.25, 0.3) is 0 Å². The average Bonchev–Trinajstić information content (AvgIpc) is 2.64. The first-order valence-electron chi connectivity index (χ1n) is 6.64. The average molecular weight is 264 g/mol. The summed E-state index contributed by atoms with van der Waals surface area (Å²) in [5.74, 6) is -0.162. The molecular formula is C15H21FN2O. The molecule has 0 aliphatic carbocycles. The molecule has 0 bridgehead atoms. The molecular weight excluding hydrogens is 243 g/mol. The molecule has 1 N–H and O–H groups in total. The van der Waals surface area contributed by atoms with Crippen molar-refractivity contribution in [3.05, 3.63) is 35.1 Å². The van der Waals surface area contributed by atoms with Gasteiger partial charge in [0.05, 0.1) is 5.54 Å². The Morgan fingerprint density at radius 2 is 2.26 bits per heavy atom. The summed E-state index contributed by atoms with van der Waals surface area (Å²) in [5, 5.41) is 2.99. The lowest BCUT2D eigenvalue weighted by Gasteiger charge is -2.25. The van der Waals surface area contributed by atoms with Gasteiger partial charge in [-0.25, -0.2) is 4.39 Å². The fraction of sp³-hybridized carbons (Fsp3) is 0.533. The zero-order valence-corrected chi connectivity index (χ0v) is 11.8. The van der Waals surface area contributed by atoms with E-state index in [0.29, 0.717) is 6.54 Å². The molecule has 1 aromatic carbocycles. The number of benzene rings is 1. The maximum Gasteiger partial charge on any atom is 0.217 e. The molecule has 1 amide bonds. The molecule has 1 aliphatic rings. The Morgan fingerprint density at radius 3 is 2.95 bits per heavy atom. The highest BCUT2D eigenvalue weighted by atomic mass is 19.1. The van der Waals surface area contributed by atoms with Crippen molar-refractivity contribution < 1.29 is 9.18 Å². The number of amides is 1. The van der Waals surface area contributed by atoms with E-state index in [-0.39, 0.29) is 17.3 Å². The van der Waals surface area contributed by atoms with Crippen LogP contribution < -0.4 is 5.32 Å². The molecule has 4 heteroatoms. The first-order chi connectivity index (χ1) is 8.88. The van der Waals surface area contributed by atoms with Crippen molar-refractivity contribution in [2.24, 2.45) is 0 Å². The first-order valence-corrected chi connectivity index (χ1v) is 6.64. The fourth-order valence-corrected chi connectivity index (χ4v) is 2.78. The van der Waals surface area contributed by atoms with Crippen molar-refractivity contribution in [2.75, 3.05) is 13.1 Å². The normalized spacial score (nSPS) is 23.6. The van der Waals surface area contributed by atoms with Gasteiger partial charge in [-0.3, -0.25) is 9.69 Å². The topological polar surface area (TPSA) is 32.3 Å². The van der Waals surface area contributed by atoms with Crippen LogP contribution in [0.1, 0.15) is 31.4 Å². The largest absolute Gasteiger partial charge is 0.350 e. The van der Waals surface area contributed by atoms with E-state index in [1.54, 1.807) is 6.07 Å². The van der Waals surface area contributed by atoms with Crippen molar-refractivity contribution in [3.8, 4) is 0 Å². The number of carbonyl (C=O) groups is 1. The summed E-state index contributed by atoms with van der Waals surface area (Å²) in [6.07, 6.45) is 0.903. The van der Waals surface area contributed by atoms with Crippen molar-refractivity contribution in [2.45, 2.75) is 39.3 Å². The van der Waals surface area contributed by atoms with E-state index in [0.717, 1.165) is 30.6 Å². The van der Waals surface area contributed by atoms with Crippen LogP contribution in [0.15, 0.2) is 18.2 Å². The Hall–Kier alpha value is -1.42. The van der Waals surface area contributed by atoms with Crippen LogP contribution in [0.5, 0.6) is 0 Å². The van der Waals surface area contributed by atoms with E-state index < -0.39 is 0 Å². The summed E-state index contributed by atoms with van der Waals surface area (Å²) in [4.78, 5) is 13.4. The highest BCUT2D eigenvalue weighted by Gasteiger charge is 2.34. The molecule has 1 atom stereocenters. The van der Waals surface area contributed by atoms with E-state index in [1.165, 1.54) is 13.0 Å². The van der Waals surface area contributed by atoms with Crippen molar-refractivity contribution in [1.82, 2.24) is 10.2 Å². The van der Waals surface area contributed by atoms with Crippen LogP contribution in [0.3, 0.4) is 0 Å². The van der Waals surface area contributed by atoms with Gasteiger partial charge in [0.2, 0.25) is 5.91 Å². The first kappa shape index (κ1) is 14.0. The van der Waals surface area contributed by atoms with Gasteiger partial charge >= 0.3 is 0 Å². The smallest absolute Gasteiger partial charge is 0.217 e. The molecule has 19 heavy (non-hydrogen) atoms. The second-order valence-corrected chi connectivity index (χ2v) is 5.80. The summed E-state index contributed by atoms with van der Waals surface area (Å²) in [5.41, 5.74) is 1.61. The molecule has 0 aromatic heterocycles. The number of hydrogen-bond donors (Lipinski definition) is 1. The quantitative estimate of drug-likeness (QED) is 0.908. The highest BCUT2D eigenvalue weighted by Crippen LogP contribution is 2.23. The Labute approximate surface area is 113 Å². The molecule has 0 spiro atoms. The van der Waals surface area contributed by atoms with E-state index in [4.69, 9.17) is 0 Å². The summed E-state index contributed by atoms with van der Waals surface area (Å²) < 4.78 is 13.7. The van der Waals surface area contributed by atoms with E-state index in [2.05, 4.69) is 10.2 Å². The van der Waals surface area contributed by atoms with E-state index >= 15 is 0 Å². The third-order valence-corrected chi connectivity index (χ3v) is 3.63. The van der Waals surface area contributed by atoms with Gasteiger partial charge in [-0.15, -0.1) is 0 Å². The highest BCUT2D eigenvalue weighted by molar-refractivity contribution is 5.73. The fourth-order valence-electron chi connectivity index (χ4n) is 2.78. The van der Waals surface area contributed by atoms with Crippen molar-refractivity contribution in [1.29, 1.82) is 0 Å². The van der Waals surface area contributed by atoms with Gasteiger partial charge < -0.3 is 5.32 Å². The molecule has 1 aliphatic heterocycles. The zero-order valence-electron chi connectivity index (χ0n) is 11.8. The molecule has 104 valence electrons. The Morgan fingerprint density at radius 1 is 1.53 bits per heavy atom. The van der Waals surface area contributed by atoms with E-state index in [1.807, 2.05) is 19.9 Å². The van der Waals surface area contributed by atoms with Crippen molar-refractivity contribution in [3.63, 3.8) is 0 Å². The molecule has 1 saturated heterocycles. The number of rotatable bonds is 3. The number of nitrogens with one attached hydrogen (secondary N) is 1. The second-order valence-electron chi connectivity index (χ2n) is 5.80. The third-order valence-electron chi connectivity index (χ3n) is 3.63. The number of nitrogens with zero attached hydrogens (tertiary/aromatic N) is 1. The number of aryl methyl sites for hydroxylation is 1. The predicted octanol–water partition coefficient (Wildman–Crippen LogP) is 2.23. The number of carbonyl (C=O) groups excluding carboxylic acids is 1. The van der Waals surface area contributed by atoms with Crippen LogP contribution in [-0.2, 0) is 11.3 Å². The Bertz CT molecular complexity index is 489. The molecule has 1 heterocycles. The maximum absolute atomic E-state index is 13.7. The van der Waals surface area contributed by atoms with Gasteiger partial charge in [-0.05, 0) is 26.3 Å². The molecule has 1 aromatic rings. The number of hydrogen-bond acceptors (Lipinski definition) is 2. The summed E-state index contributed by atoms with van der Waals surface area (Å²) in [6.45, 7) is 7.79. The standard InChI is InChI=1S/C15H21FN2O/c1-11-4-5-14(16)13(8-11)9-18-7-6-15(3,10-18)17-12(2)19/h4-5,8H,6-7,9-10H2,1-3H3,(H,17,19)/t15-/m0/s1. The van der Waals surface area contributed by atoms with Gasteiger partial charge in [-0.1, -0.05) is 17.7 Å². The lowest BCUT2D eigenvalue weighted by Crippen LogP contribution is -2.46. The van der Waals surface area contributed by atoms with Crippen LogP contribution in [0, 0.1) is 12.7 Å². The Balaban J connectivity index is 2.02. The van der Waals surface area contributed by atoms with Crippen LogP contribution >= 0.6 is 0 Å². The van der Waals surface area contributed by atoms with Crippen LogP contribution in [0.4, 0.5) is 4.39 Å². The zero-order chi connectivity index (χ0) is 14.0. The molecule has 0 saturated carbocycles. The minimum Gasteiger partial charge on any atom is -0.350 e. The van der Waals surface area contributed by atoms with Gasteiger partial charge in [0.1, 0.15) is 5.82 Å². The molecule has 1 fully saturated rings. The summed E-state index contributed by atoms with van der Waals surface area (Å²) >= 11 is 0. The van der Waals surface area contributed by atoms with E-state index in [9.17, 15) is 9.18 Å². The van der Waals surface area contributed by atoms with Crippen LogP contribution in [0.2, 0.25) is 0 Å². The predicted molar refractivity (Wildman–Crippen MR) is 73.3 cm³/mol. The van der Waals surface area contributed by atoms with Crippen LogP contribution in [-0.4, -0.2) is 29.4 Å². The summed E-state index contributed by atoms with van der Waals surface area (Å²) in [6, 6.07) is 5.20. The Kier molecular flexibility index (Phi) is 3.90. The number of halogens is 1. The minimum atomic E-state index is -0.188. The molecule has 0 unspecified atom stereocenters.